The van der Waals surface area contributed by atoms with Gasteiger partial charge in [-0.05, 0) is 13.3 Å². The Morgan fingerprint density at radius 3 is 2.44 bits per heavy atom. The minimum Gasteiger partial charge on any atom is -0.481 e. The summed E-state index contributed by atoms with van der Waals surface area (Å²) in [4.78, 5) is 37.0. The third-order valence-electron chi connectivity index (χ3n) is 2.98. The molecule has 0 aromatic rings. The minimum absolute atomic E-state index is 0.197. The summed E-state index contributed by atoms with van der Waals surface area (Å²) < 4.78 is 0. The molecule has 0 bridgehead atoms. The SMILES string of the molecule is CC(NC(=O)N1CCC(C(=O)O)C1)C(=O)N(C)C. The second-order valence-electron chi connectivity index (χ2n) is 4.67. The zero-order valence-corrected chi connectivity index (χ0v) is 10.8. The summed E-state index contributed by atoms with van der Waals surface area (Å²) in [6.07, 6.45) is 0.457. The smallest absolute Gasteiger partial charge is 0.318 e. The van der Waals surface area contributed by atoms with Crippen LogP contribution in [0.1, 0.15) is 13.3 Å². The highest BCUT2D eigenvalue weighted by Gasteiger charge is 2.31. The number of aliphatic carboxylic acids is 1. The van der Waals surface area contributed by atoms with Gasteiger partial charge in [0, 0.05) is 27.2 Å². The van der Waals surface area contributed by atoms with E-state index in [1.54, 1.807) is 21.0 Å². The molecule has 0 saturated carbocycles. The molecule has 1 saturated heterocycles. The van der Waals surface area contributed by atoms with Crippen molar-refractivity contribution in [2.24, 2.45) is 5.92 Å². The Bertz CT molecular complexity index is 356. The fraction of sp³-hybridized carbons (Fsp3) is 0.727. The molecule has 1 fully saturated rings. The number of urea groups is 1. The molecule has 102 valence electrons. The van der Waals surface area contributed by atoms with Crippen LogP contribution < -0.4 is 5.32 Å². The number of likely N-dealkylation sites (tertiary alicyclic amines) is 1. The van der Waals surface area contributed by atoms with Crippen LogP contribution >= 0.6 is 0 Å². The van der Waals surface area contributed by atoms with Gasteiger partial charge in [-0.1, -0.05) is 0 Å². The minimum atomic E-state index is -0.886. The number of carboxylic acids is 1. The highest BCUT2D eigenvalue weighted by atomic mass is 16.4. The van der Waals surface area contributed by atoms with E-state index in [-0.39, 0.29) is 18.5 Å². The lowest BCUT2D eigenvalue weighted by atomic mass is 10.1. The van der Waals surface area contributed by atoms with Gasteiger partial charge in [-0.3, -0.25) is 9.59 Å². The number of rotatable bonds is 3. The predicted molar refractivity (Wildman–Crippen MR) is 64.0 cm³/mol. The lowest BCUT2D eigenvalue weighted by Gasteiger charge is -2.22. The van der Waals surface area contributed by atoms with Crippen molar-refractivity contribution < 1.29 is 19.5 Å². The molecule has 0 spiro atoms. The molecule has 0 aromatic heterocycles. The van der Waals surface area contributed by atoms with Crippen LogP contribution in [0.3, 0.4) is 0 Å². The van der Waals surface area contributed by atoms with E-state index in [4.69, 9.17) is 5.11 Å². The number of hydrogen-bond donors (Lipinski definition) is 2. The number of nitrogens with one attached hydrogen (secondary N) is 1. The molecular formula is C11H19N3O4. The molecule has 1 aliphatic rings. The average Bonchev–Trinajstić information content (AvgIpc) is 2.76. The standard InChI is InChI=1S/C11H19N3O4/c1-7(9(15)13(2)3)12-11(18)14-5-4-8(6-14)10(16)17/h7-8H,4-6H2,1-3H3,(H,12,18)(H,16,17). The van der Waals surface area contributed by atoms with Crippen LogP contribution in [0, 0.1) is 5.92 Å². The molecule has 1 aliphatic heterocycles. The van der Waals surface area contributed by atoms with Gasteiger partial charge in [-0.15, -0.1) is 0 Å². The normalized spacial score (nSPS) is 20.4. The van der Waals surface area contributed by atoms with Gasteiger partial charge in [0.15, 0.2) is 0 Å². The van der Waals surface area contributed by atoms with Crippen LogP contribution in [0.2, 0.25) is 0 Å². The van der Waals surface area contributed by atoms with Crippen LogP contribution in [-0.4, -0.2) is 66.0 Å². The molecule has 1 rings (SSSR count). The summed E-state index contributed by atoms with van der Waals surface area (Å²) in [5.41, 5.74) is 0. The summed E-state index contributed by atoms with van der Waals surface area (Å²) in [6.45, 7) is 2.21. The Hall–Kier alpha value is -1.79. The molecule has 2 atom stereocenters. The highest BCUT2D eigenvalue weighted by Crippen LogP contribution is 2.16. The van der Waals surface area contributed by atoms with Crippen molar-refractivity contribution in [2.75, 3.05) is 27.2 Å². The summed E-state index contributed by atoms with van der Waals surface area (Å²) in [7, 11) is 3.22. The Morgan fingerprint density at radius 2 is 2.00 bits per heavy atom. The monoisotopic (exact) mass is 257 g/mol. The van der Waals surface area contributed by atoms with E-state index in [2.05, 4.69) is 5.32 Å². The van der Waals surface area contributed by atoms with E-state index in [1.165, 1.54) is 9.80 Å². The number of nitrogens with zero attached hydrogens (tertiary/aromatic N) is 2. The third-order valence-corrected chi connectivity index (χ3v) is 2.98. The lowest BCUT2D eigenvalue weighted by molar-refractivity contribution is -0.141. The maximum absolute atomic E-state index is 11.8. The number of hydrogen-bond acceptors (Lipinski definition) is 3. The molecular weight excluding hydrogens is 238 g/mol. The van der Waals surface area contributed by atoms with Crippen LogP contribution in [0.4, 0.5) is 4.79 Å². The summed E-state index contributed by atoms with van der Waals surface area (Å²) in [5, 5.41) is 11.4. The van der Waals surface area contributed by atoms with E-state index in [0.29, 0.717) is 13.0 Å². The van der Waals surface area contributed by atoms with E-state index in [1.807, 2.05) is 0 Å². The van der Waals surface area contributed by atoms with Crippen molar-refractivity contribution in [1.82, 2.24) is 15.1 Å². The summed E-state index contributed by atoms with van der Waals surface area (Å²) in [6, 6.07) is -1.00. The number of carboxylic acid groups (broad SMARTS) is 1. The second kappa shape index (κ2) is 5.70. The predicted octanol–water partition coefficient (Wildman–Crippen LogP) is -0.421. The van der Waals surface area contributed by atoms with Crippen LogP contribution in [0.5, 0.6) is 0 Å². The third kappa shape index (κ3) is 3.35. The fourth-order valence-electron chi connectivity index (χ4n) is 1.87. The molecule has 7 nitrogen and oxygen atoms in total. The molecule has 7 heteroatoms. The van der Waals surface area contributed by atoms with E-state index in [0.717, 1.165) is 0 Å². The Morgan fingerprint density at radius 1 is 1.39 bits per heavy atom. The second-order valence-corrected chi connectivity index (χ2v) is 4.67. The molecule has 18 heavy (non-hydrogen) atoms. The first kappa shape index (κ1) is 14.3. The number of carbonyl (C=O) groups is 3. The Kier molecular flexibility index (Phi) is 4.52. The van der Waals surface area contributed by atoms with E-state index >= 15 is 0 Å². The topological polar surface area (TPSA) is 90.0 Å². The van der Waals surface area contributed by atoms with Gasteiger partial charge < -0.3 is 20.2 Å². The van der Waals surface area contributed by atoms with Crippen LogP contribution in [0.25, 0.3) is 0 Å². The Balaban J connectivity index is 2.47. The number of amides is 3. The van der Waals surface area contributed by atoms with Crippen molar-refractivity contribution in [3.8, 4) is 0 Å². The van der Waals surface area contributed by atoms with Gasteiger partial charge in [-0.25, -0.2) is 4.79 Å². The van der Waals surface area contributed by atoms with Crippen molar-refractivity contribution in [2.45, 2.75) is 19.4 Å². The first-order chi connectivity index (χ1) is 8.32. The number of carbonyl (C=O) groups excluding carboxylic acids is 2. The zero-order chi connectivity index (χ0) is 13.9. The summed E-state index contributed by atoms with van der Waals surface area (Å²) >= 11 is 0. The molecule has 0 radical (unpaired) electrons. The van der Waals surface area contributed by atoms with Gasteiger partial charge in [0.1, 0.15) is 6.04 Å². The molecule has 3 amide bonds. The van der Waals surface area contributed by atoms with E-state index in [9.17, 15) is 14.4 Å². The molecule has 2 unspecified atom stereocenters. The number of likely N-dealkylation sites (N-methyl/N-ethyl adjacent to an activating group) is 1. The first-order valence-electron chi connectivity index (χ1n) is 5.82. The highest BCUT2D eigenvalue weighted by molar-refractivity contribution is 5.86. The van der Waals surface area contributed by atoms with Gasteiger partial charge >= 0.3 is 12.0 Å². The van der Waals surface area contributed by atoms with Crippen LogP contribution in [0.15, 0.2) is 0 Å². The average molecular weight is 257 g/mol. The molecule has 0 aliphatic carbocycles. The van der Waals surface area contributed by atoms with Gasteiger partial charge in [0.25, 0.3) is 0 Å². The maximum atomic E-state index is 11.8. The lowest BCUT2D eigenvalue weighted by Crippen LogP contribution is -2.49. The Labute approximate surface area is 106 Å². The van der Waals surface area contributed by atoms with E-state index < -0.39 is 17.9 Å². The van der Waals surface area contributed by atoms with Gasteiger partial charge in [0.05, 0.1) is 5.92 Å². The molecule has 0 aromatic carbocycles. The van der Waals surface area contributed by atoms with Crippen LogP contribution in [-0.2, 0) is 9.59 Å². The van der Waals surface area contributed by atoms with Gasteiger partial charge in [-0.2, -0.15) is 0 Å². The van der Waals surface area contributed by atoms with Crippen molar-refractivity contribution >= 4 is 17.9 Å². The molecule has 2 N–H and O–H groups in total. The molecule has 1 heterocycles. The van der Waals surface area contributed by atoms with Crippen molar-refractivity contribution in [3.05, 3.63) is 0 Å². The summed E-state index contributed by atoms with van der Waals surface area (Å²) in [5.74, 6) is -1.59. The zero-order valence-electron chi connectivity index (χ0n) is 10.8. The van der Waals surface area contributed by atoms with Gasteiger partial charge in [0.2, 0.25) is 5.91 Å². The largest absolute Gasteiger partial charge is 0.481 e. The van der Waals surface area contributed by atoms with Crippen molar-refractivity contribution in [1.29, 1.82) is 0 Å². The first-order valence-corrected chi connectivity index (χ1v) is 5.82. The fourth-order valence-corrected chi connectivity index (χ4v) is 1.87. The quantitative estimate of drug-likeness (QED) is 0.718. The van der Waals surface area contributed by atoms with Crippen molar-refractivity contribution in [3.63, 3.8) is 0 Å². The maximum Gasteiger partial charge on any atom is 0.318 e.